The minimum absolute atomic E-state index is 0.0577. The maximum Gasteiger partial charge on any atom is 0.185 e. The number of Topliss-reactive ketones (excluding diaryl/α,β-unsaturated/α-hetero) is 1. The quantitative estimate of drug-likeness (QED) is 0.906. The number of hydrogen-bond acceptors (Lipinski definition) is 3. The van der Waals surface area contributed by atoms with Gasteiger partial charge in [0.25, 0.3) is 0 Å². The minimum Gasteiger partial charge on any atom is -0.508 e. The van der Waals surface area contributed by atoms with E-state index >= 15 is 0 Å². The number of ketones is 1. The molecule has 1 aromatic carbocycles. The van der Waals surface area contributed by atoms with E-state index in [9.17, 15) is 9.90 Å². The molecule has 3 heteroatoms. The van der Waals surface area contributed by atoms with Gasteiger partial charge in [-0.2, -0.15) is 0 Å². The van der Waals surface area contributed by atoms with E-state index in [0.717, 1.165) is 23.6 Å². The minimum atomic E-state index is -0.174. The Hall–Kier alpha value is -1.77. The first-order valence-corrected chi connectivity index (χ1v) is 7.83. The van der Waals surface area contributed by atoms with Gasteiger partial charge in [-0.15, -0.1) is 0 Å². The number of aromatic hydroxyl groups is 1. The van der Waals surface area contributed by atoms with Gasteiger partial charge in [0.05, 0.1) is 6.04 Å². The van der Waals surface area contributed by atoms with E-state index in [1.54, 1.807) is 18.2 Å². The van der Waals surface area contributed by atoms with Gasteiger partial charge in [0.2, 0.25) is 0 Å². The van der Waals surface area contributed by atoms with Crippen LogP contribution in [0.2, 0.25) is 0 Å². The van der Waals surface area contributed by atoms with Crippen LogP contribution in [0.1, 0.15) is 42.6 Å². The van der Waals surface area contributed by atoms with Gasteiger partial charge in [0, 0.05) is 17.5 Å². The van der Waals surface area contributed by atoms with Crippen LogP contribution in [0.5, 0.6) is 5.75 Å². The Labute approximate surface area is 125 Å². The first kappa shape index (κ1) is 12.9. The molecule has 21 heavy (non-hydrogen) atoms. The van der Waals surface area contributed by atoms with Crippen LogP contribution in [0.3, 0.4) is 0 Å². The summed E-state index contributed by atoms with van der Waals surface area (Å²) in [6.07, 6.45) is 6.93. The molecule has 4 rings (SSSR count). The Morgan fingerprint density at radius 2 is 2.14 bits per heavy atom. The fourth-order valence-corrected chi connectivity index (χ4v) is 3.95. The van der Waals surface area contributed by atoms with Crippen molar-refractivity contribution in [2.45, 2.75) is 38.1 Å². The molecule has 3 atom stereocenters. The lowest BCUT2D eigenvalue weighted by molar-refractivity contribution is 0.0672. The molecule has 1 heterocycles. The van der Waals surface area contributed by atoms with Crippen molar-refractivity contribution >= 4 is 5.78 Å². The molecule has 1 N–H and O–H groups in total. The third-order valence-corrected chi connectivity index (χ3v) is 5.67. The standard InChI is InChI=1S/C18H21NO2/c1-11-16-17(21)14-6-5-13(20)9-15(14)18(11,2)7-8-19(16)10-12-3-4-12/h5-9,11-12,16,20H,3-4,10H2,1-2H3/t11-,16?,18-/m0/s1. The van der Waals surface area contributed by atoms with Gasteiger partial charge in [0.1, 0.15) is 5.75 Å². The van der Waals surface area contributed by atoms with Gasteiger partial charge in [-0.05, 0) is 54.6 Å². The molecular weight excluding hydrogens is 262 g/mol. The van der Waals surface area contributed by atoms with Crippen LogP contribution in [0.15, 0.2) is 30.5 Å². The maximum atomic E-state index is 12.9. The topological polar surface area (TPSA) is 40.5 Å². The molecule has 3 nitrogen and oxygen atoms in total. The highest BCUT2D eigenvalue weighted by Gasteiger charge is 2.50. The number of phenolic OH excluding ortho intramolecular Hbond substituents is 1. The Bertz CT molecular complexity index is 647. The van der Waals surface area contributed by atoms with E-state index in [0.29, 0.717) is 0 Å². The predicted molar refractivity (Wildman–Crippen MR) is 81.3 cm³/mol. The monoisotopic (exact) mass is 283 g/mol. The Balaban J connectivity index is 1.84. The number of carbonyl (C=O) groups excluding carboxylic acids is 1. The zero-order chi connectivity index (χ0) is 14.8. The van der Waals surface area contributed by atoms with Crippen LogP contribution in [-0.4, -0.2) is 28.4 Å². The molecular formula is C18H21NO2. The van der Waals surface area contributed by atoms with E-state index in [4.69, 9.17) is 0 Å². The summed E-state index contributed by atoms with van der Waals surface area (Å²) in [7, 11) is 0. The third-order valence-electron chi connectivity index (χ3n) is 5.67. The van der Waals surface area contributed by atoms with Crippen molar-refractivity contribution in [3.63, 3.8) is 0 Å². The number of rotatable bonds is 2. The Morgan fingerprint density at radius 3 is 2.86 bits per heavy atom. The van der Waals surface area contributed by atoms with Gasteiger partial charge in [-0.25, -0.2) is 0 Å². The highest BCUT2D eigenvalue weighted by molar-refractivity contribution is 6.04. The molecule has 0 radical (unpaired) electrons. The molecule has 0 aromatic heterocycles. The molecule has 2 aliphatic carbocycles. The summed E-state index contributed by atoms with van der Waals surface area (Å²) >= 11 is 0. The molecule has 0 saturated heterocycles. The number of carbonyl (C=O) groups is 1. The molecule has 1 saturated carbocycles. The maximum absolute atomic E-state index is 12.9. The van der Waals surface area contributed by atoms with Gasteiger partial charge in [-0.1, -0.05) is 19.9 Å². The molecule has 3 aliphatic rings. The number of nitrogens with zero attached hydrogens (tertiary/aromatic N) is 1. The van der Waals surface area contributed by atoms with Crippen molar-refractivity contribution in [2.24, 2.45) is 11.8 Å². The van der Waals surface area contributed by atoms with E-state index in [-0.39, 0.29) is 28.9 Å². The molecule has 0 spiro atoms. The third kappa shape index (κ3) is 1.76. The lowest BCUT2D eigenvalue weighted by Gasteiger charge is -2.50. The highest BCUT2D eigenvalue weighted by atomic mass is 16.3. The molecule has 0 amide bonds. The van der Waals surface area contributed by atoms with Crippen molar-refractivity contribution in [3.8, 4) is 5.75 Å². The molecule has 110 valence electrons. The van der Waals surface area contributed by atoms with Crippen molar-refractivity contribution in [1.82, 2.24) is 4.90 Å². The largest absolute Gasteiger partial charge is 0.508 e. The van der Waals surface area contributed by atoms with Crippen LogP contribution in [-0.2, 0) is 5.41 Å². The van der Waals surface area contributed by atoms with Crippen molar-refractivity contribution in [1.29, 1.82) is 0 Å². The molecule has 1 aliphatic heterocycles. The van der Waals surface area contributed by atoms with Crippen LogP contribution < -0.4 is 0 Å². The number of fused-ring (bicyclic) bond motifs is 4. The molecule has 1 aromatic rings. The van der Waals surface area contributed by atoms with E-state index in [1.165, 1.54) is 12.8 Å². The summed E-state index contributed by atoms with van der Waals surface area (Å²) in [5.41, 5.74) is 1.58. The zero-order valence-electron chi connectivity index (χ0n) is 12.5. The zero-order valence-corrected chi connectivity index (χ0v) is 12.5. The Kier molecular flexibility index (Phi) is 2.54. The average Bonchev–Trinajstić information content (AvgIpc) is 3.25. The number of phenols is 1. The van der Waals surface area contributed by atoms with Crippen LogP contribution >= 0.6 is 0 Å². The fraction of sp³-hybridized carbons (Fsp3) is 0.500. The van der Waals surface area contributed by atoms with Crippen LogP contribution in [0.4, 0.5) is 0 Å². The highest BCUT2D eigenvalue weighted by Crippen LogP contribution is 2.48. The van der Waals surface area contributed by atoms with E-state index in [1.807, 2.05) is 0 Å². The first-order chi connectivity index (χ1) is 10.0. The average molecular weight is 283 g/mol. The van der Waals surface area contributed by atoms with Crippen molar-refractivity contribution in [2.75, 3.05) is 6.54 Å². The number of benzene rings is 1. The second-order valence-electron chi connectivity index (χ2n) is 7.07. The lowest BCUT2D eigenvalue weighted by Crippen LogP contribution is -2.56. The Morgan fingerprint density at radius 1 is 1.38 bits per heavy atom. The normalized spacial score (nSPS) is 34.0. The van der Waals surface area contributed by atoms with Crippen LogP contribution in [0.25, 0.3) is 0 Å². The van der Waals surface area contributed by atoms with E-state index < -0.39 is 0 Å². The lowest BCUT2D eigenvalue weighted by atomic mass is 9.60. The SMILES string of the molecule is C[C@H]1C2C(=O)c3ccc(O)cc3[C@@]1(C)C=CN2CC1CC1. The molecule has 2 bridgehead atoms. The van der Waals surface area contributed by atoms with Crippen LogP contribution in [0, 0.1) is 11.8 Å². The van der Waals surface area contributed by atoms with Gasteiger partial charge in [0.15, 0.2) is 5.78 Å². The second-order valence-corrected chi connectivity index (χ2v) is 7.07. The predicted octanol–water partition coefficient (Wildman–Crippen LogP) is 3.09. The second kappa shape index (κ2) is 4.12. The van der Waals surface area contributed by atoms with Gasteiger partial charge >= 0.3 is 0 Å². The number of hydrogen-bond donors (Lipinski definition) is 1. The molecule has 1 fully saturated rings. The summed E-state index contributed by atoms with van der Waals surface area (Å²) in [4.78, 5) is 15.2. The van der Waals surface area contributed by atoms with Crippen molar-refractivity contribution < 1.29 is 9.90 Å². The summed E-state index contributed by atoms with van der Waals surface area (Å²) in [6.45, 7) is 5.35. The molecule has 1 unspecified atom stereocenters. The fourth-order valence-electron chi connectivity index (χ4n) is 3.95. The van der Waals surface area contributed by atoms with Crippen molar-refractivity contribution in [3.05, 3.63) is 41.6 Å². The number of allylic oxidation sites excluding steroid dienone is 1. The summed E-state index contributed by atoms with van der Waals surface area (Å²) in [5.74, 6) is 1.44. The summed E-state index contributed by atoms with van der Waals surface area (Å²) in [6, 6.07) is 5.12. The summed E-state index contributed by atoms with van der Waals surface area (Å²) < 4.78 is 0. The first-order valence-electron chi connectivity index (χ1n) is 7.83. The van der Waals surface area contributed by atoms with Gasteiger partial charge < -0.3 is 10.0 Å². The summed E-state index contributed by atoms with van der Waals surface area (Å²) in [5, 5.41) is 9.81. The smallest absolute Gasteiger partial charge is 0.185 e. The van der Waals surface area contributed by atoms with Gasteiger partial charge in [-0.3, -0.25) is 4.79 Å². The van der Waals surface area contributed by atoms with E-state index in [2.05, 4.69) is 31.0 Å².